The van der Waals surface area contributed by atoms with Gasteiger partial charge >= 0.3 is 0 Å². The van der Waals surface area contributed by atoms with Gasteiger partial charge in [0.15, 0.2) is 0 Å². The van der Waals surface area contributed by atoms with Crippen LogP contribution in [0, 0.1) is 0 Å². The zero-order valence-electron chi connectivity index (χ0n) is 4.51. The second-order valence-corrected chi connectivity index (χ2v) is 1.79. The molecule has 0 saturated carbocycles. The molecule has 48 valence electrons. The van der Waals surface area contributed by atoms with Gasteiger partial charge < -0.3 is 0 Å². The van der Waals surface area contributed by atoms with E-state index >= 15 is 0 Å². The van der Waals surface area contributed by atoms with Crippen LogP contribution in [0.4, 0.5) is 4.39 Å². The highest BCUT2D eigenvalue weighted by atomic mass is 35.5. The van der Waals surface area contributed by atoms with E-state index in [1.54, 1.807) is 0 Å². The van der Waals surface area contributed by atoms with Gasteiger partial charge in [-0.05, 0) is 17.7 Å². The Labute approximate surface area is 56.7 Å². The maximum atomic E-state index is 11.8. The molecule has 0 aliphatic carbocycles. The second kappa shape index (κ2) is 2.73. The molecule has 0 saturated heterocycles. The Bertz CT molecular complexity index is 204. The third-order valence-corrected chi connectivity index (χ3v) is 1.00. The first-order valence-electron chi connectivity index (χ1n) is 2.36. The van der Waals surface area contributed by atoms with Gasteiger partial charge in [-0.1, -0.05) is 0 Å². The SMILES string of the molecule is FCc1ccnc(Cl)n1. The Morgan fingerprint density at radius 3 is 2.89 bits per heavy atom. The average Bonchev–Trinajstić information content (AvgIpc) is 1.88. The Morgan fingerprint density at radius 1 is 1.67 bits per heavy atom. The molecule has 0 atom stereocenters. The molecular formula is C5H4ClFN2. The van der Waals surface area contributed by atoms with Gasteiger partial charge in [-0.3, -0.25) is 0 Å². The molecule has 0 bridgehead atoms. The largest absolute Gasteiger partial charge is 0.244 e. The third-order valence-electron chi connectivity index (χ3n) is 0.821. The van der Waals surface area contributed by atoms with Crippen molar-refractivity contribution in [2.75, 3.05) is 0 Å². The Kier molecular flexibility index (Phi) is 1.95. The van der Waals surface area contributed by atoms with Gasteiger partial charge in [0.1, 0.15) is 6.67 Å². The van der Waals surface area contributed by atoms with Crippen LogP contribution < -0.4 is 0 Å². The highest BCUT2D eigenvalue weighted by Gasteiger charge is 1.92. The molecule has 9 heavy (non-hydrogen) atoms. The molecule has 0 aliphatic rings. The first-order valence-corrected chi connectivity index (χ1v) is 2.74. The van der Waals surface area contributed by atoms with Gasteiger partial charge in [-0.25, -0.2) is 14.4 Å². The van der Waals surface area contributed by atoms with E-state index in [2.05, 4.69) is 9.97 Å². The van der Waals surface area contributed by atoms with Crippen molar-refractivity contribution in [3.63, 3.8) is 0 Å². The van der Waals surface area contributed by atoms with E-state index in [4.69, 9.17) is 11.6 Å². The normalized spacial score (nSPS) is 9.56. The summed E-state index contributed by atoms with van der Waals surface area (Å²) in [7, 11) is 0. The lowest BCUT2D eigenvalue weighted by Gasteiger charge is -1.90. The maximum Gasteiger partial charge on any atom is 0.222 e. The summed E-state index contributed by atoms with van der Waals surface area (Å²) in [6.07, 6.45) is 1.42. The van der Waals surface area contributed by atoms with Gasteiger partial charge in [-0.15, -0.1) is 0 Å². The third kappa shape index (κ3) is 1.61. The Balaban J connectivity index is 2.94. The molecule has 0 aromatic carbocycles. The summed E-state index contributed by atoms with van der Waals surface area (Å²) in [5, 5.41) is 0.0881. The lowest BCUT2D eigenvalue weighted by atomic mass is 10.4. The standard InChI is InChI=1S/C5H4ClFN2/c6-5-8-2-1-4(3-7)9-5/h1-2H,3H2. The number of aromatic nitrogens is 2. The van der Waals surface area contributed by atoms with E-state index in [1.165, 1.54) is 12.3 Å². The highest BCUT2D eigenvalue weighted by molar-refractivity contribution is 6.28. The summed E-state index contributed by atoms with van der Waals surface area (Å²) < 4.78 is 11.8. The fourth-order valence-electron chi connectivity index (χ4n) is 0.444. The van der Waals surface area contributed by atoms with E-state index in [0.29, 0.717) is 5.69 Å². The van der Waals surface area contributed by atoms with Gasteiger partial charge in [0, 0.05) is 6.20 Å². The summed E-state index contributed by atoms with van der Waals surface area (Å²) in [6, 6.07) is 1.48. The average molecular weight is 147 g/mol. The number of nitrogens with zero attached hydrogens (tertiary/aromatic N) is 2. The van der Waals surface area contributed by atoms with Crippen molar-refractivity contribution < 1.29 is 4.39 Å². The Hall–Kier alpha value is -0.700. The van der Waals surface area contributed by atoms with Gasteiger partial charge in [0.25, 0.3) is 0 Å². The Morgan fingerprint density at radius 2 is 2.44 bits per heavy atom. The molecular weight excluding hydrogens is 143 g/mol. The van der Waals surface area contributed by atoms with Crippen molar-refractivity contribution in [3.8, 4) is 0 Å². The molecule has 0 unspecified atom stereocenters. The van der Waals surface area contributed by atoms with Crippen LogP contribution in [0.5, 0.6) is 0 Å². The first kappa shape index (κ1) is 6.42. The van der Waals surface area contributed by atoms with Crippen LogP contribution in [0.2, 0.25) is 5.28 Å². The molecule has 0 spiro atoms. The molecule has 1 rings (SSSR count). The number of rotatable bonds is 1. The van der Waals surface area contributed by atoms with Crippen LogP contribution in [0.15, 0.2) is 12.3 Å². The van der Waals surface area contributed by atoms with E-state index < -0.39 is 6.67 Å². The van der Waals surface area contributed by atoms with Crippen LogP contribution >= 0.6 is 11.6 Å². The zero-order chi connectivity index (χ0) is 6.69. The minimum Gasteiger partial charge on any atom is -0.244 e. The predicted molar refractivity (Wildman–Crippen MR) is 31.9 cm³/mol. The molecule has 1 aromatic heterocycles. The minimum absolute atomic E-state index is 0.0881. The quantitative estimate of drug-likeness (QED) is 0.563. The molecule has 0 amide bonds. The molecule has 0 aliphatic heterocycles. The fraction of sp³-hybridized carbons (Fsp3) is 0.200. The molecule has 0 radical (unpaired) electrons. The topological polar surface area (TPSA) is 25.8 Å². The fourth-order valence-corrected chi connectivity index (χ4v) is 0.609. The summed E-state index contributed by atoms with van der Waals surface area (Å²) in [4.78, 5) is 7.15. The molecule has 0 fully saturated rings. The maximum absolute atomic E-state index is 11.8. The molecule has 4 heteroatoms. The monoisotopic (exact) mass is 146 g/mol. The molecule has 1 aromatic rings. The van der Waals surface area contributed by atoms with Crippen molar-refractivity contribution in [2.24, 2.45) is 0 Å². The van der Waals surface area contributed by atoms with E-state index in [-0.39, 0.29) is 5.28 Å². The second-order valence-electron chi connectivity index (χ2n) is 1.45. The van der Waals surface area contributed by atoms with Crippen molar-refractivity contribution in [1.29, 1.82) is 0 Å². The summed E-state index contributed by atoms with van der Waals surface area (Å²) in [6.45, 7) is -0.595. The summed E-state index contributed by atoms with van der Waals surface area (Å²) in [5.74, 6) is 0. The first-order chi connectivity index (χ1) is 4.33. The van der Waals surface area contributed by atoms with Crippen LogP contribution in [-0.2, 0) is 6.67 Å². The van der Waals surface area contributed by atoms with E-state index in [1.807, 2.05) is 0 Å². The van der Waals surface area contributed by atoms with Crippen LogP contribution in [0.3, 0.4) is 0 Å². The van der Waals surface area contributed by atoms with Crippen LogP contribution in [0.25, 0.3) is 0 Å². The van der Waals surface area contributed by atoms with Crippen molar-refractivity contribution in [2.45, 2.75) is 6.67 Å². The van der Waals surface area contributed by atoms with E-state index in [9.17, 15) is 4.39 Å². The molecule has 1 heterocycles. The lowest BCUT2D eigenvalue weighted by molar-refractivity contribution is 0.475. The highest BCUT2D eigenvalue weighted by Crippen LogP contribution is 2.01. The number of hydrogen-bond acceptors (Lipinski definition) is 2. The number of alkyl halides is 1. The molecule has 2 nitrogen and oxygen atoms in total. The smallest absolute Gasteiger partial charge is 0.222 e. The molecule has 0 N–H and O–H groups in total. The van der Waals surface area contributed by atoms with Gasteiger partial charge in [0.2, 0.25) is 5.28 Å². The minimum atomic E-state index is -0.595. The zero-order valence-corrected chi connectivity index (χ0v) is 5.27. The van der Waals surface area contributed by atoms with Gasteiger partial charge in [0.05, 0.1) is 5.69 Å². The summed E-state index contributed by atoms with van der Waals surface area (Å²) in [5.41, 5.74) is 0.315. The van der Waals surface area contributed by atoms with Gasteiger partial charge in [-0.2, -0.15) is 0 Å². The van der Waals surface area contributed by atoms with E-state index in [0.717, 1.165) is 0 Å². The van der Waals surface area contributed by atoms with Crippen LogP contribution in [0.1, 0.15) is 5.69 Å². The number of halogens is 2. The summed E-state index contributed by atoms with van der Waals surface area (Å²) >= 11 is 5.33. The van der Waals surface area contributed by atoms with Crippen molar-refractivity contribution >= 4 is 11.6 Å². The number of hydrogen-bond donors (Lipinski definition) is 0. The lowest BCUT2D eigenvalue weighted by Crippen LogP contribution is -1.86. The van der Waals surface area contributed by atoms with Crippen molar-refractivity contribution in [3.05, 3.63) is 23.2 Å². The van der Waals surface area contributed by atoms with Crippen LogP contribution in [-0.4, -0.2) is 9.97 Å². The predicted octanol–water partition coefficient (Wildman–Crippen LogP) is 1.60. The van der Waals surface area contributed by atoms with Crippen molar-refractivity contribution in [1.82, 2.24) is 9.97 Å².